The molecule has 0 aliphatic heterocycles. The lowest BCUT2D eigenvalue weighted by atomic mass is 10.4. The zero-order valence-electron chi connectivity index (χ0n) is 5.90. The van der Waals surface area contributed by atoms with E-state index < -0.39 is 0 Å². The van der Waals surface area contributed by atoms with Crippen molar-refractivity contribution in [1.29, 1.82) is 5.26 Å². The summed E-state index contributed by atoms with van der Waals surface area (Å²) in [4.78, 5) is 7.81. The maximum atomic E-state index is 8.52. The topological polar surface area (TPSA) is 54.0 Å². The van der Waals surface area contributed by atoms with Crippen LogP contribution in [0.15, 0.2) is 18.5 Å². The number of hydrogen-bond acceptors (Lipinski definition) is 3. The third kappa shape index (κ3) is 1.00. The molecule has 58 valence electrons. The van der Waals surface area contributed by atoms with Crippen molar-refractivity contribution in [3.05, 3.63) is 29.3 Å². The lowest BCUT2D eigenvalue weighted by Gasteiger charge is -1.89. The molecule has 2 aromatic heterocycles. The molecule has 2 aromatic rings. The van der Waals surface area contributed by atoms with Crippen LogP contribution in [0.3, 0.4) is 0 Å². The highest BCUT2D eigenvalue weighted by molar-refractivity contribution is 6.29. The van der Waals surface area contributed by atoms with Gasteiger partial charge in [0.05, 0.1) is 0 Å². The van der Waals surface area contributed by atoms with Crippen molar-refractivity contribution < 1.29 is 0 Å². The number of imidazole rings is 1. The Kier molecular flexibility index (Phi) is 1.45. The number of nitrogens with zero attached hydrogens (tertiary/aromatic N) is 4. The van der Waals surface area contributed by atoms with Crippen molar-refractivity contribution in [1.82, 2.24) is 14.4 Å². The minimum atomic E-state index is 0.338. The lowest BCUT2D eigenvalue weighted by molar-refractivity contribution is 1.09. The molecule has 2 rings (SSSR count). The fourth-order valence-corrected chi connectivity index (χ4v) is 1.09. The van der Waals surface area contributed by atoms with Gasteiger partial charge in [0.15, 0.2) is 0 Å². The number of aromatic nitrogens is 3. The highest BCUT2D eigenvalue weighted by Gasteiger charge is 2.00. The first kappa shape index (κ1) is 7.07. The molecule has 0 saturated heterocycles. The molecule has 4 nitrogen and oxygen atoms in total. The third-order valence-corrected chi connectivity index (χ3v) is 1.59. The SMILES string of the molecule is N#Cc1ccn2cc(Cl)nc2n1. The first-order chi connectivity index (χ1) is 5.79. The van der Waals surface area contributed by atoms with Crippen molar-refractivity contribution in [2.45, 2.75) is 0 Å². The van der Waals surface area contributed by atoms with E-state index in [0.29, 0.717) is 16.6 Å². The van der Waals surface area contributed by atoms with E-state index in [1.807, 2.05) is 6.07 Å². The molecule has 0 atom stereocenters. The average Bonchev–Trinajstić information content (AvgIpc) is 2.43. The number of rotatable bonds is 0. The van der Waals surface area contributed by atoms with Gasteiger partial charge < -0.3 is 0 Å². The van der Waals surface area contributed by atoms with E-state index >= 15 is 0 Å². The largest absolute Gasteiger partial charge is 0.290 e. The van der Waals surface area contributed by atoms with E-state index in [1.165, 1.54) is 0 Å². The predicted octanol–water partition coefficient (Wildman–Crippen LogP) is 1.25. The van der Waals surface area contributed by atoms with Crippen LogP contribution < -0.4 is 0 Å². The summed E-state index contributed by atoms with van der Waals surface area (Å²) in [6.07, 6.45) is 3.32. The molecule has 0 fully saturated rings. The van der Waals surface area contributed by atoms with Crippen LogP contribution in [0.4, 0.5) is 0 Å². The Labute approximate surface area is 73.0 Å². The molecule has 0 aliphatic carbocycles. The number of hydrogen-bond donors (Lipinski definition) is 0. The van der Waals surface area contributed by atoms with Crippen LogP contribution in [0.1, 0.15) is 5.69 Å². The first-order valence-electron chi connectivity index (χ1n) is 3.21. The van der Waals surface area contributed by atoms with Crippen LogP contribution >= 0.6 is 11.6 Å². The highest BCUT2D eigenvalue weighted by Crippen LogP contribution is 2.07. The van der Waals surface area contributed by atoms with E-state index in [4.69, 9.17) is 16.9 Å². The van der Waals surface area contributed by atoms with Gasteiger partial charge in [0, 0.05) is 12.4 Å². The summed E-state index contributed by atoms with van der Waals surface area (Å²) < 4.78 is 1.66. The zero-order chi connectivity index (χ0) is 8.55. The molecule has 0 aromatic carbocycles. The Balaban J connectivity index is 2.77. The van der Waals surface area contributed by atoms with Crippen LogP contribution in [0.25, 0.3) is 5.78 Å². The second kappa shape index (κ2) is 2.47. The molecule has 0 N–H and O–H groups in total. The van der Waals surface area contributed by atoms with Gasteiger partial charge in [-0.3, -0.25) is 4.40 Å². The third-order valence-electron chi connectivity index (χ3n) is 1.41. The summed E-state index contributed by atoms with van der Waals surface area (Å²) in [6.45, 7) is 0. The van der Waals surface area contributed by atoms with E-state index in [1.54, 1.807) is 22.9 Å². The van der Waals surface area contributed by atoms with Gasteiger partial charge in [0.25, 0.3) is 0 Å². The minimum Gasteiger partial charge on any atom is -0.290 e. The molecule has 5 heteroatoms. The number of nitriles is 1. The van der Waals surface area contributed by atoms with Crippen molar-refractivity contribution in [2.75, 3.05) is 0 Å². The standard InChI is InChI=1S/C7H3ClN4/c8-6-4-12-2-1-5(3-9)10-7(12)11-6/h1-2,4H. The van der Waals surface area contributed by atoms with E-state index in [2.05, 4.69) is 9.97 Å². The average molecular weight is 179 g/mol. The molecule has 12 heavy (non-hydrogen) atoms. The fraction of sp³-hybridized carbons (Fsp3) is 0. The van der Waals surface area contributed by atoms with Crippen LogP contribution in [0.5, 0.6) is 0 Å². The molecule has 0 spiro atoms. The van der Waals surface area contributed by atoms with E-state index in [0.717, 1.165) is 0 Å². The van der Waals surface area contributed by atoms with Gasteiger partial charge >= 0.3 is 0 Å². The summed E-state index contributed by atoms with van der Waals surface area (Å²) in [7, 11) is 0. The van der Waals surface area contributed by atoms with Gasteiger partial charge in [-0.05, 0) is 6.07 Å². The van der Waals surface area contributed by atoms with Crippen molar-refractivity contribution in [2.24, 2.45) is 0 Å². The van der Waals surface area contributed by atoms with Gasteiger partial charge in [-0.2, -0.15) is 10.2 Å². The normalized spacial score (nSPS) is 10.0. The molecular formula is C7H3ClN4. The zero-order valence-corrected chi connectivity index (χ0v) is 6.65. The van der Waals surface area contributed by atoms with Gasteiger partial charge in [0.1, 0.15) is 16.9 Å². The number of halogens is 1. The Bertz CT molecular complexity index is 468. The summed E-state index contributed by atoms with van der Waals surface area (Å²) in [5, 5.41) is 8.89. The second-order valence-electron chi connectivity index (χ2n) is 2.20. The number of fused-ring (bicyclic) bond motifs is 1. The molecule has 0 bridgehead atoms. The predicted molar refractivity (Wildman–Crippen MR) is 42.7 cm³/mol. The molecule has 0 unspecified atom stereocenters. The Hall–Kier alpha value is -1.60. The van der Waals surface area contributed by atoms with Crippen LogP contribution in [-0.4, -0.2) is 14.4 Å². The van der Waals surface area contributed by atoms with E-state index in [9.17, 15) is 0 Å². The van der Waals surface area contributed by atoms with Gasteiger partial charge in [-0.25, -0.2) is 4.98 Å². The summed E-state index contributed by atoms with van der Waals surface area (Å²) in [5.41, 5.74) is 0.338. The monoisotopic (exact) mass is 178 g/mol. The maximum Gasteiger partial charge on any atom is 0.236 e. The second-order valence-corrected chi connectivity index (χ2v) is 2.58. The summed E-state index contributed by atoms with van der Waals surface area (Å²) >= 11 is 5.62. The Morgan fingerprint density at radius 3 is 3.08 bits per heavy atom. The maximum absolute atomic E-state index is 8.52. The highest BCUT2D eigenvalue weighted by atomic mass is 35.5. The lowest BCUT2D eigenvalue weighted by Crippen LogP contribution is -1.89. The fourth-order valence-electron chi connectivity index (χ4n) is 0.905. The molecule has 0 aliphatic rings. The Morgan fingerprint density at radius 1 is 1.50 bits per heavy atom. The van der Waals surface area contributed by atoms with Gasteiger partial charge in [-0.15, -0.1) is 0 Å². The van der Waals surface area contributed by atoms with Gasteiger partial charge in [-0.1, -0.05) is 11.6 Å². The molecule has 2 heterocycles. The first-order valence-corrected chi connectivity index (χ1v) is 3.59. The molecule has 0 radical (unpaired) electrons. The van der Waals surface area contributed by atoms with Crippen molar-refractivity contribution in [3.8, 4) is 6.07 Å². The van der Waals surface area contributed by atoms with Gasteiger partial charge in [0.2, 0.25) is 5.78 Å². The minimum absolute atomic E-state index is 0.338. The van der Waals surface area contributed by atoms with Crippen molar-refractivity contribution in [3.63, 3.8) is 0 Å². The molecule has 0 saturated carbocycles. The Morgan fingerprint density at radius 2 is 2.33 bits per heavy atom. The van der Waals surface area contributed by atoms with Crippen LogP contribution in [-0.2, 0) is 0 Å². The van der Waals surface area contributed by atoms with Crippen LogP contribution in [0, 0.1) is 11.3 Å². The summed E-state index contributed by atoms with van der Waals surface area (Å²) in [5.74, 6) is 0.444. The van der Waals surface area contributed by atoms with Crippen LogP contribution in [0.2, 0.25) is 5.15 Å². The van der Waals surface area contributed by atoms with Crippen molar-refractivity contribution >= 4 is 17.4 Å². The quantitative estimate of drug-likeness (QED) is 0.610. The summed E-state index contributed by atoms with van der Waals surface area (Å²) in [6, 6.07) is 3.52. The molecular weight excluding hydrogens is 176 g/mol. The van der Waals surface area contributed by atoms with E-state index in [-0.39, 0.29) is 0 Å². The smallest absolute Gasteiger partial charge is 0.236 e. The molecule has 0 amide bonds.